The van der Waals surface area contributed by atoms with Crippen molar-refractivity contribution in [2.75, 3.05) is 13.2 Å². The Bertz CT molecular complexity index is 1390. The first-order valence-electron chi connectivity index (χ1n) is 11.2. The van der Waals surface area contributed by atoms with E-state index in [1.54, 1.807) is 24.3 Å². The molecule has 0 bridgehead atoms. The maximum absolute atomic E-state index is 13.4. The molecule has 0 aliphatic rings. The van der Waals surface area contributed by atoms with Gasteiger partial charge in [-0.2, -0.15) is 0 Å². The van der Waals surface area contributed by atoms with E-state index in [1.807, 2.05) is 66.1 Å². The van der Waals surface area contributed by atoms with Crippen molar-refractivity contribution < 1.29 is 18.3 Å². The second-order valence-corrected chi connectivity index (χ2v) is 10.3. The Morgan fingerprint density at radius 1 is 0.941 bits per heavy atom. The summed E-state index contributed by atoms with van der Waals surface area (Å²) in [7, 11) is -3.64. The Hall–Kier alpha value is -3.42. The molecule has 6 nitrogen and oxygen atoms in total. The van der Waals surface area contributed by atoms with Gasteiger partial charge in [-0.15, -0.1) is 0 Å². The van der Waals surface area contributed by atoms with Crippen LogP contribution in [0.5, 0.6) is 0 Å². The number of para-hydroxylation sites is 1. The second kappa shape index (κ2) is 10.2. The monoisotopic (exact) mass is 476 g/mol. The van der Waals surface area contributed by atoms with Crippen LogP contribution in [-0.4, -0.2) is 37.2 Å². The van der Waals surface area contributed by atoms with Crippen LogP contribution in [-0.2, 0) is 33.4 Å². The Morgan fingerprint density at radius 2 is 1.62 bits per heavy atom. The van der Waals surface area contributed by atoms with Gasteiger partial charge in [0.25, 0.3) is 0 Å². The van der Waals surface area contributed by atoms with Crippen LogP contribution in [0.2, 0.25) is 0 Å². The summed E-state index contributed by atoms with van der Waals surface area (Å²) in [4.78, 5) is 13.0. The van der Waals surface area contributed by atoms with E-state index in [2.05, 4.69) is 5.32 Å². The third kappa shape index (κ3) is 5.21. The molecule has 4 aromatic rings. The van der Waals surface area contributed by atoms with Crippen molar-refractivity contribution in [3.63, 3.8) is 0 Å². The first-order chi connectivity index (χ1) is 16.4. The van der Waals surface area contributed by atoms with Gasteiger partial charge in [0, 0.05) is 29.7 Å². The molecule has 0 spiro atoms. The molecule has 1 aromatic heterocycles. The number of aromatic nitrogens is 1. The Balaban J connectivity index is 1.84. The minimum absolute atomic E-state index is 0.0142. The second-order valence-electron chi connectivity index (χ2n) is 8.34. The number of carbonyl (C=O) groups is 1. The van der Waals surface area contributed by atoms with Crippen molar-refractivity contribution in [2.45, 2.75) is 30.5 Å². The molecule has 0 unspecified atom stereocenters. The highest BCUT2D eigenvalue weighted by atomic mass is 32.2. The number of hydrogen-bond acceptors (Lipinski definition) is 4. The number of nitrogens with one attached hydrogen (secondary N) is 1. The van der Waals surface area contributed by atoms with E-state index < -0.39 is 9.84 Å². The SMILES string of the molecule is Cc1ccc(S(=O)(=O)Cc2c(CC(=O)NCCO)n(Cc3ccccc3)c3ccccc23)cc1. The Morgan fingerprint density at radius 3 is 2.32 bits per heavy atom. The molecule has 0 aliphatic heterocycles. The molecule has 0 atom stereocenters. The Kier molecular flexibility index (Phi) is 7.14. The van der Waals surface area contributed by atoms with Gasteiger partial charge in [-0.3, -0.25) is 4.79 Å². The number of sulfone groups is 1. The van der Waals surface area contributed by atoms with E-state index in [0.29, 0.717) is 17.8 Å². The minimum Gasteiger partial charge on any atom is -0.395 e. The molecular formula is C27H28N2O4S. The predicted octanol–water partition coefficient (Wildman–Crippen LogP) is 3.62. The van der Waals surface area contributed by atoms with Gasteiger partial charge in [0.05, 0.1) is 23.7 Å². The van der Waals surface area contributed by atoms with Crippen molar-refractivity contribution in [3.8, 4) is 0 Å². The molecule has 3 aromatic carbocycles. The highest BCUT2D eigenvalue weighted by molar-refractivity contribution is 7.90. The summed E-state index contributed by atoms with van der Waals surface area (Å²) in [5, 5.41) is 12.6. The molecule has 7 heteroatoms. The molecule has 2 N–H and O–H groups in total. The third-order valence-corrected chi connectivity index (χ3v) is 7.51. The molecule has 0 aliphatic carbocycles. The van der Waals surface area contributed by atoms with Crippen LogP contribution in [0.15, 0.2) is 83.8 Å². The molecular weight excluding hydrogens is 448 g/mol. The summed E-state index contributed by atoms with van der Waals surface area (Å²) in [6.07, 6.45) is 0.0142. The third-order valence-electron chi connectivity index (χ3n) is 5.85. The molecule has 0 fully saturated rings. The number of hydrogen-bond donors (Lipinski definition) is 2. The van der Waals surface area contributed by atoms with Crippen molar-refractivity contribution in [2.24, 2.45) is 0 Å². The average Bonchev–Trinajstić information content (AvgIpc) is 3.10. The summed E-state index contributed by atoms with van der Waals surface area (Å²) in [5.74, 6) is -0.471. The standard InChI is InChI=1S/C27H28N2O4S/c1-20-11-13-22(14-12-20)34(32,33)19-24-23-9-5-6-10-25(23)29(18-21-7-3-2-4-8-21)26(24)17-27(31)28-15-16-30/h2-14,30H,15-19H2,1H3,(H,28,31). The number of benzene rings is 3. The van der Waals surface area contributed by atoms with Gasteiger partial charge in [-0.25, -0.2) is 8.42 Å². The summed E-state index contributed by atoms with van der Waals surface area (Å²) < 4.78 is 28.8. The van der Waals surface area contributed by atoms with Gasteiger partial charge in [-0.1, -0.05) is 66.2 Å². The summed E-state index contributed by atoms with van der Waals surface area (Å²) >= 11 is 0. The number of aliphatic hydroxyl groups excluding tert-OH is 1. The van der Waals surface area contributed by atoms with Crippen LogP contribution >= 0.6 is 0 Å². The number of aryl methyl sites for hydroxylation is 1. The molecule has 1 heterocycles. The zero-order chi connectivity index (χ0) is 24.1. The van der Waals surface area contributed by atoms with Crippen molar-refractivity contribution in [1.82, 2.24) is 9.88 Å². The summed E-state index contributed by atoms with van der Waals surface area (Å²) in [6, 6.07) is 24.4. The molecule has 176 valence electrons. The van der Waals surface area contributed by atoms with E-state index in [9.17, 15) is 13.2 Å². The van der Waals surface area contributed by atoms with Gasteiger partial charge in [-0.05, 0) is 36.2 Å². The maximum atomic E-state index is 13.4. The van der Waals surface area contributed by atoms with Crippen LogP contribution in [0.3, 0.4) is 0 Å². The lowest BCUT2D eigenvalue weighted by atomic mass is 10.1. The first kappa shape index (κ1) is 23.7. The van der Waals surface area contributed by atoms with Crippen molar-refractivity contribution in [1.29, 1.82) is 0 Å². The molecule has 1 amide bonds. The van der Waals surface area contributed by atoms with E-state index in [1.165, 1.54) is 0 Å². The van der Waals surface area contributed by atoms with E-state index in [-0.39, 0.29) is 36.1 Å². The Labute approximate surface area is 199 Å². The fourth-order valence-electron chi connectivity index (χ4n) is 4.17. The highest BCUT2D eigenvalue weighted by Crippen LogP contribution is 2.31. The van der Waals surface area contributed by atoms with Gasteiger partial charge in [0.2, 0.25) is 5.91 Å². The zero-order valence-electron chi connectivity index (χ0n) is 19.1. The van der Waals surface area contributed by atoms with Crippen LogP contribution in [0.1, 0.15) is 22.4 Å². The first-order valence-corrected chi connectivity index (χ1v) is 12.8. The fourth-order valence-corrected chi connectivity index (χ4v) is 5.59. The number of amides is 1. The average molecular weight is 477 g/mol. The molecule has 0 radical (unpaired) electrons. The quantitative estimate of drug-likeness (QED) is 0.386. The van der Waals surface area contributed by atoms with Crippen LogP contribution in [0.25, 0.3) is 10.9 Å². The molecule has 0 saturated heterocycles. The lowest BCUT2D eigenvalue weighted by molar-refractivity contribution is -0.120. The number of rotatable bonds is 9. The number of nitrogens with zero attached hydrogens (tertiary/aromatic N) is 1. The van der Waals surface area contributed by atoms with Crippen molar-refractivity contribution >= 4 is 26.6 Å². The van der Waals surface area contributed by atoms with E-state index in [4.69, 9.17) is 5.11 Å². The summed E-state index contributed by atoms with van der Waals surface area (Å²) in [6.45, 7) is 2.41. The van der Waals surface area contributed by atoms with Crippen molar-refractivity contribution in [3.05, 3.63) is 101 Å². The maximum Gasteiger partial charge on any atom is 0.226 e. The van der Waals surface area contributed by atoms with E-state index in [0.717, 1.165) is 22.0 Å². The smallest absolute Gasteiger partial charge is 0.226 e. The normalized spacial score (nSPS) is 11.6. The molecule has 34 heavy (non-hydrogen) atoms. The highest BCUT2D eigenvalue weighted by Gasteiger charge is 2.25. The van der Waals surface area contributed by atoms with Gasteiger partial charge >= 0.3 is 0 Å². The number of carbonyl (C=O) groups excluding carboxylic acids is 1. The topological polar surface area (TPSA) is 88.4 Å². The molecule has 4 rings (SSSR count). The largest absolute Gasteiger partial charge is 0.395 e. The van der Waals surface area contributed by atoms with Crippen LogP contribution in [0.4, 0.5) is 0 Å². The van der Waals surface area contributed by atoms with Crippen LogP contribution in [0, 0.1) is 6.92 Å². The zero-order valence-corrected chi connectivity index (χ0v) is 19.9. The molecule has 0 saturated carbocycles. The summed E-state index contributed by atoms with van der Waals surface area (Å²) in [5.41, 5.74) is 4.21. The van der Waals surface area contributed by atoms with E-state index >= 15 is 0 Å². The fraction of sp³-hybridized carbons (Fsp3) is 0.222. The van der Waals surface area contributed by atoms with Gasteiger partial charge in [0.1, 0.15) is 0 Å². The predicted molar refractivity (Wildman–Crippen MR) is 133 cm³/mol. The lowest BCUT2D eigenvalue weighted by Gasteiger charge is -2.13. The minimum atomic E-state index is -3.64. The number of aliphatic hydroxyl groups is 1. The van der Waals surface area contributed by atoms with Gasteiger partial charge in [0.15, 0.2) is 9.84 Å². The number of fused-ring (bicyclic) bond motifs is 1. The lowest BCUT2D eigenvalue weighted by Crippen LogP contribution is -2.29. The van der Waals surface area contributed by atoms with Crippen LogP contribution < -0.4 is 5.32 Å². The van der Waals surface area contributed by atoms with Gasteiger partial charge < -0.3 is 15.0 Å².